The molecule has 1 fully saturated rings. The van der Waals surface area contributed by atoms with Crippen LogP contribution in [-0.2, 0) is 0 Å². The summed E-state index contributed by atoms with van der Waals surface area (Å²) in [4.78, 5) is 0. The van der Waals surface area contributed by atoms with E-state index in [1.54, 1.807) is 0 Å². The summed E-state index contributed by atoms with van der Waals surface area (Å²) in [6, 6.07) is 0.752. The lowest BCUT2D eigenvalue weighted by Crippen LogP contribution is -2.39. The maximum atomic E-state index is 3.50. The van der Waals surface area contributed by atoms with Crippen LogP contribution in [0.2, 0.25) is 0 Å². The van der Waals surface area contributed by atoms with Crippen LogP contribution in [0.5, 0.6) is 0 Å². The lowest BCUT2D eigenvalue weighted by molar-refractivity contribution is 0.173. The normalized spacial score (nSPS) is 31.4. The molecule has 0 aliphatic heterocycles. The average molecular weight is 183 g/mol. The maximum Gasteiger partial charge on any atom is 0.00973 e. The molecule has 0 spiro atoms. The van der Waals surface area contributed by atoms with Gasteiger partial charge in [0.2, 0.25) is 0 Å². The van der Waals surface area contributed by atoms with Crippen molar-refractivity contribution in [2.24, 2.45) is 11.3 Å². The Labute approximate surface area is 83.3 Å². The smallest absolute Gasteiger partial charge is 0.00973 e. The fourth-order valence-electron chi connectivity index (χ4n) is 2.69. The Hall–Kier alpha value is -0.0400. The first-order valence-electron chi connectivity index (χ1n) is 5.73. The highest BCUT2D eigenvalue weighted by Gasteiger charge is 2.31. The Morgan fingerprint density at radius 1 is 1.00 bits per heavy atom. The second-order valence-electron chi connectivity index (χ2n) is 5.51. The summed E-state index contributed by atoms with van der Waals surface area (Å²) in [7, 11) is 2.12. The van der Waals surface area contributed by atoms with Gasteiger partial charge < -0.3 is 5.32 Å². The van der Waals surface area contributed by atoms with Crippen LogP contribution in [0, 0.1) is 11.3 Å². The van der Waals surface area contributed by atoms with Gasteiger partial charge in [-0.1, -0.05) is 40.0 Å². The molecule has 1 aliphatic rings. The fraction of sp³-hybridized carbons (Fsp3) is 1.00. The molecule has 1 rings (SSSR count). The van der Waals surface area contributed by atoms with Crippen molar-refractivity contribution in [2.45, 2.75) is 58.9 Å². The third-order valence-electron chi connectivity index (χ3n) is 3.50. The van der Waals surface area contributed by atoms with Crippen LogP contribution in [0.1, 0.15) is 52.9 Å². The molecule has 2 unspecified atom stereocenters. The van der Waals surface area contributed by atoms with Gasteiger partial charge in [-0.3, -0.25) is 0 Å². The van der Waals surface area contributed by atoms with Gasteiger partial charge in [-0.2, -0.15) is 0 Å². The van der Waals surface area contributed by atoms with Crippen LogP contribution < -0.4 is 5.32 Å². The molecule has 1 heteroatoms. The number of hydrogen-bond acceptors (Lipinski definition) is 1. The van der Waals surface area contributed by atoms with Crippen molar-refractivity contribution in [3.05, 3.63) is 0 Å². The summed E-state index contributed by atoms with van der Waals surface area (Å²) < 4.78 is 0. The molecule has 0 heterocycles. The van der Waals surface area contributed by atoms with Gasteiger partial charge in [0.05, 0.1) is 0 Å². The highest BCUT2D eigenvalue weighted by atomic mass is 14.9. The van der Waals surface area contributed by atoms with E-state index < -0.39 is 0 Å². The topological polar surface area (TPSA) is 12.0 Å². The minimum absolute atomic E-state index is 0.470. The Morgan fingerprint density at radius 3 is 2.15 bits per heavy atom. The minimum Gasteiger partial charge on any atom is -0.317 e. The van der Waals surface area contributed by atoms with E-state index in [0.29, 0.717) is 5.41 Å². The second-order valence-corrected chi connectivity index (χ2v) is 5.51. The number of hydrogen-bond donors (Lipinski definition) is 1. The molecule has 2 atom stereocenters. The molecule has 0 aromatic heterocycles. The van der Waals surface area contributed by atoms with Crippen LogP contribution in [0.25, 0.3) is 0 Å². The van der Waals surface area contributed by atoms with Crippen molar-refractivity contribution >= 4 is 0 Å². The highest BCUT2D eigenvalue weighted by molar-refractivity contribution is 4.86. The van der Waals surface area contributed by atoms with E-state index in [1.165, 1.54) is 32.1 Å². The number of rotatable bonds is 1. The SMILES string of the molecule is CNC1CCCCCC1C(C)(C)C. The summed E-state index contributed by atoms with van der Waals surface area (Å²) >= 11 is 0. The molecular weight excluding hydrogens is 158 g/mol. The molecule has 0 aromatic rings. The average Bonchev–Trinajstić information content (AvgIpc) is 2.26. The molecular formula is C12H25N. The molecule has 0 radical (unpaired) electrons. The molecule has 0 saturated heterocycles. The van der Waals surface area contributed by atoms with Gasteiger partial charge in [-0.15, -0.1) is 0 Å². The van der Waals surface area contributed by atoms with Crippen molar-refractivity contribution in [1.82, 2.24) is 5.32 Å². The van der Waals surface area contributed by atoms with Gasteiger partial charge in [-0.25, -0.2) is 0 Å². The van der Waals surface area contributed by atoms with Crippen molar-refractivity contribution < 1.29 is 0 Å². The predicted octanol–water partition coefficient (Wildman–Crippen LogP) is 3.20. The van der Waals surface area contributed by atoms with Crippen LogP contribution in [-0.4, -0.2) is 13.1 Å². The summed E-state index contributed by atoms with van der Waals surface area (Å²) in [5, 5.41) is 3.50. The van der Waals surface area contributed by atoms with E-state index in [0.717, 1.165) is 12.0 Å². The maximum absolute atomic E-state index is 3.50. The Kier molecular flexibility index (Phi) is 3.78. The first-order chi connectivity index (χ1) is 6.05. The van der Waals surface area contributed by atoms with E-state index in [2.05, 4.69) is 33.1 Å². The molecule has 0 amide bonds. The van der Waals surface area contributed by atoms with Crippen LogP contribution in [0.15, 0.2) is 0 Å². The lowest BCUT2D eigenvalue weighted by Gasteiger charge is -2.36. The molecule has 0 bridgehead atoms. The first-order valence-corrected chi connectivity index (χ1v) is 5.73. The largest absolute Gasteiger partial charge is 0.317 e. The Morgan fingerprint density at radius 2 is 1.62 bits per heavy atom. The van der Waals surface area contributed by atoms with E-state index in [-0.39, 0.29) is 0 Å². The van der Waals surface area contributed by atoms with Crippen LogP contribution >= 0.6 is 0 Å². The number of nitrogens with one attached hydrogen (secondary N) is 1. The predicted molar refractivity (Wildman–Crippen MR) is 58.9 cm³/mol. The third-order valence-corrected chi connectivity index (χ3v) is 3.50. The van der Waals surface area contributed by atoms with Gasteiger partial charge in [-0.05, 0) is 31.2 Å². The van der Waals surface area contributed by atoms with E-state index in [9.17, 15) is 0 Å². The van der Waals surface area contributed by atoms with Gasteiger partial charge >= 0.3 is 0 Å². The van der Waals surface area contributed by atoms with Gasteiger partial charge in [0.15, 0.2) is 0 Å². The lowest BCUT2D eigenvalue weighted by atomic mass is 9.74. The summed E-state index contributed by atoms with van der Waals surface area (Å²) in [6.45, 7) is 7.15. The zero-order valence-electron chi connectivity index (χ0n) is 9.69. The van der Waals surface area contributed by atoms with Crippen molar-refractivity contribution in [3.8, 4) is 0 Å². The quantitative estimate of drug-likeness (QED) is 0.616. The van der Waals surface area contributed by atoms with Gasteiger partial charge in [0.25, 0.3) is 0 Å². The summed E-state index contributed by atoms with van der Waals surface area (Å²) in [5.41, 5.74) is 0.470. The zero-order chi connectivity index (χ0) is 9.90. The zero-order valence-corrected chi connectivity index (χ0v) is 9.69. The van der Waals surface area contributed by atoms with E-state index >= 15 is 0 Å². The molecule has 78 valence electrons. The Bertz CT molecular complexity index is 146. The van der Waals surface area contributed by atoms with Gasteiger partial charge in [0, 0.05) is 6.04 Å². The van der Waals surface area contributed by atoms with Crippen molar-refractivity contribution in [3.63, 3.8) is 0 Å². The molecule has 13 heavy (non-hydrogen) atoms. The summed E-state index contributed by atoms with van der Waals surface area (Å²) in [5.74, 6) is 0.861. The molecule has 0 aromatic carbocycles. The first kappa shape index (κ1) is 11.0. The van der Waals surface area contributed by atoms with Crippen LogP contribution in [0.4, 0.5) is 0 Å². The highest BCUT2D eigenvalue weighted by Crippen LogP contribution is 2.36. The Balaban J connectivity index is 2.65. The van der Waals surface area contributed by atoms with E-state index in [1.807, 2.05) is 0 Å². The monoisotopic (exact) mass is 183 g/mol. The van der Waals surface area contributed by atoms with Gasteiger partial charge in [0.1, 0.15) is 0 Å². The minimum atomic E-state index is 0.470. The third kappa shape index (κ3) is 2.98. The molecule has 1 saturated carbocycles. The standard InChI is InChI=1S/C12H25N/c1-12(2,3)10-8-6-5-7-9-11(10)13-4/h10-11,13H,5-9H2,1-4H3. The second kappa shape index (κ2) is 4.45. The molecule has 1 N–H and O–H groups in total. The molecule has 1 nitrogen and oxygen atoms in total. The van der Waals surface area contributed by atoms with Crippen molar-refractivity contribution in [2.75, 3.05) is 7.05 Å². The summed E-state index contributed by atoms with van der Waals surface area (Å²) in [6.07, 6.45) is 7.07. The van der Waals surface area contributed by atoms with Crippen molar-refractivity contribution in [1.29, 1.82) is 0 Å². The van der Waals surface area contributed by atoms with Crippen LogP contribution in [0.3, 0.4) is 0 Å². The molecule has 1 aliphatic carbocycles. The fourth-order valence-corrected chi connectivity index (χ4v) is 2.69. The van der Waals surface area contributed by atoms with E-state index in [4.69, 9.17) is 0 Å².